The Labute approximate surface area is 113 Å². The van der Waals surface area contributed by atoms with Gasteiger partial charge in [-0.1, -0.05) is 12.1 Å². The van der Waals surface area contributed by atoms with Crippen LogP contribution >= 0.6 is 23.6 Å². The molecule has 1 aromatic heterocycles. The molecule has 6 heteroatoms. The second kappa shape index (κ2) is 5.70. The highest BCUT2D eigenvalue weighted by Crippen LogP contribution is 2.27. The Bertz CT molecular complexity index is 575. The van der Waals surface area contributed by atoms with Crippen molar-refractivity contribution in [3.05, 3.63) is 47.1 Å². The molecule has 18 heavy (non-hydrogen) atoms. The average molecular weight is 279 g/mol. The van der Waals surface area contributed by atoms with E-state index in [-0.39, 0.29) is 10.9 Å². The van der Waals surface area contributed by atoms with Gasteiger partial charge in [-0.3, -0.25) is 5.43 Å². The number of halogens is 1. The third kappa shape index (κ3) is 3.35. The molecule has 0 aliphatic carbocycles. The molecule has 0 unspecified atom stereocenters. The van der Waals surface area contributed by atoms with Crippen molar-refractivity contribution in [3.8, 4) is 10.4 Å². The lowest BCUT2D eigenvalue weighted by Crippen LogP contribution is -2.23. The van der Waals surface area contributed by atoms with Gasteiger partial charge in [0.1, 0.15) is 5.82 Å². The fourth-order valence-electron chi connectivity index (χ4n) is 1.35. The lowest BCUT2D eigenvalue weighted by atomic mass is 10.2. The van der Waals surface area contributed by atoms with Crippen LogP contribution in [0.3, 0.4) is 0 Å². The highest BCUT2D eigenvalue weighted by Gasteiger charge is 2.01. The lowest BCUT2D eigenvalue weighted by Gasteiger charge is -1.95. The fraction of sp³-hybridized carbons (Fsp3) is 0. The van der Waals surface area contributed by atoms with Crippen LogP contribution in [0.5, 0.6) is 0 Å². The third-order valence-electron chi connectivity index (χ3n) is 2.12. The van der Waals surface area contributed by atoms with Crippen LogP contribution in [-0.4, -0.2) is 11.3 Å². The van der Waals surface area contributed by atoms with Crippen LogP contribution in [-0.2, 0) is 0 Å². The van der Waals surface area contributed by atoms with E-state index in [2.05, 4.69) is 22.7 Å². The van der Waals surface area contributed by atoms with Gasteiger partial charge in [0.15, 0.2) is 5.11 Å². The zero-order valence-corrected chi connectivity index (χ0v) is 10.9. The maximum atomic E-state index is 12.8. The molecule has 0 saturated carbocycles. The molecule has 0 aliphatic heterocycles. The Hall–Kier alpha value is -1.79. The Morgan fingerprint density at radius 1 is 1.28 bits per heavy atom. The molecule has 92 valence electrons. The Morgan fingerprint density at radius 2 is 2.00 bits per heavy atom. The second-order valence-corrected chi connectivity index (χ2v) is 5.00. The zero-order chi connectivity index (χ0) is 13.0. The monoisotopic (exact) mass is 279 g/mol. The molecule has 3 N–H and O–H groups in total. The normalized spacial score (nSPS) is 10.7. The molecule has 0 saturated heterocycles. The van der Waals surface area contributed by atoms with E-state index in [1.54, 1.807) is 29.7 Å². The van der Waals surface area contributed by atoms with E-state index < -0.39 is 0 Å². The SMILES string of the molecule is NC(=S)NN=Cc1ccc(-c2ccc(F)cc2)s1. The summed E-state index contributed by atoms with van der Waals surface area (Å²) in [4.78, 5) is 2.00. The highest BCUT2D eigenvalue weighted by atomic mass is 32.1. The number of hydrogen-bond donors (Lipinski definition) is 2. The molecule has 0 radical (unpaired) electrons. The minimum Gasteiger partial charge on any atom is -0.375 e. The molecular weight excluding hydrogens is 269 g/mol. The van der Waals surface area contributed by atoms with Crippen molar-refractivity contribution in [2.24, 2.45) is 10.8 Å². The first-order valence-corrected chi connectivity index (χ1v) is 6.32. The topological polar surface area (TPSA) is 50.4 Å². The molecule has 0 atom stereocenters. The molecule has 0 fully saturated rings. The van der Waals surface area contributed by atoms with Gasteiger partial charge in [0, 0.05) is 9.75 Å². The minimum absolute atomic E-state index is 0.126. The number of nitrogens with zero attached hydrogens (tertiary/aromatic N) is 1. The predicted molar refractivity (Wildman–Crippen MR) is 77.2 cm³/mol. The van der Waals surface area contributed by atoms with E-state index in [0.29, 0.717) is 0 Å². The largest absolute Gasteiger partial charge is 0.375 e. The number of nitrogens with two attached hydrogens (primary N) is 1. The summed E-state index contributed by atoms with van der Waals surface area (Å²) in [5.41, 5.74) is 8.70. The molecule has 1 heterocycles. The standard InChI is InChI=1S/C12H10FN3S2/c13-9-3-1-8(2-4-9)11-6-5-10(18-11)7-15-16-12(14)17/h1-7H,(H3,14,16,17). The molecule has 1 aromatic carbocycles. The summed E-state index contributed by atoms with van der Waals surface area (Å²) in [5.74, 6) is -0.238. The maximum absolute atomic E-state index is 12.8. The van der Waals surface area contributed by atoms with Gasteiger partial charge in [-0.2, -0.15) is 5.10 Å². The van der Waals surface area contributed by atoms with Crippen LogP contribution in [0, 0.1) is 5.82 Å². The van der Waals surface area contributed by atoms with Crippen molar-refractivity contribution >= 4 is 34.9 Å². The van der Waals surface area contributed by atoms with Crippen LogP contribution in [0.4, 0.5) is 4.39 Å². The highest BCUT2D eigenvalue weighted by molar-refractivity contribution is 7.80. The van der Waals surface area contributed by atoms with E-state index in [9.17, 15) is 4.39 Å². The fourth-order valence-corrected chi connectivity index (χ4v) is 2.29. The van der Waals surface area contributed by atoms with E-state index in [1.165, 1.54) is 12.1 Å². The molecule has 3 nitrogen and oxygen atoms in total. The van der Waals surface area contributed by atoms with Crippen LogP contribution in [0.25, 0.3) is 10.4 Å². The van der Waals surface area contributed by atoms with Gasteiger partial charge in [-0.25, -0.2) is 4.39 Å². The Balaban J connectivity index is 2.12. The van der Waals surface area contributed by atoms with E-state index in [4.69, 9.17) is 5.73 Å². The first-order chi connectivity index (χ1) is 8.65. The molecular formula is C12H10FN3S2. The number of hydrazone groups is 1. The van der Waals surface area contributed by atoms with Gasteiger partial charge in [-0.05, 0) is 42.0 Å². The summed E-state index contributed by atoms with van der Waals surface area (Å²) in [6.07, 6.45) is 1.64. The third-order valence-corrected chi connectivity index (χ3v) is 3.28. The molecule has 0 bridgehead atoms. The van der Waals surface area contributed by atoms with E-state index in [1.807, 2.05) is 12.1 Å². The first kappa shape index (κ1) is 12.7. The number of rotatable bonds is 3. The predicted octanol–water partition coefficient (Wildman–Crippen LogP) is 2.72. The minimum atomic E-state index is -0.238. The lowest BCUT2D eigenvalue weighted by molar-refractivity contribution is 0.628. The summed E-state index contributed by atoms with van der Waals surface area (Å²) in [6.45, 7) is 0. The quantitative estimate of drug-likeness (QED) is 0.516. The van der Waals surface area contributed by atoms with Gasteiger partial charge in [-0.15, -0.1) is 11.3 Å². The number of benzene rings is 1. The molecule has 2 aromatic rings. The number of nitrogens with one attached hydrogen (secondary N) is 1. The van der Waals surface area contributed by atoms with Crippen LogP contribution in [0.1, 0.15) is 4.88 Å². The van der Waals surface area contributed by atoms with Gasteiger partial charge >= 0.3 is 0 Å². The Kier molecular flexibility index (Phi) is 4.01. The van der Waals surface area contributed by atoms with E-state index in [0.717, 1.165) is 15.3 Å². The molecule has 0 spiro atoms. The van der Waals surface area contributed by atoms with E-state index >= 15 is 0 Å². The van der Waals surface area contributed by atoms with Crippen LogP contribution in [0.15, 0.2) is 41.5 Å². The smallest absolute Gasteiger partial charge is 0.184 e. The van der Waals surface area contributed by atoms with Crippen molar-refractivity contribution in [3.63, 3.8) is 0 Å². The number of thiocarbonyl (C=S) groups is 1. The summed E-state index contributed by atoms with van der Waals surface area (Å²) < 4.78 is 12.8. The van der Waals surface area contributed by atoms with Crippen LogP contribution < -0.4 is 11.2 Å². The molecule has 0 amide bonds. The summed E-state index contributed by atoms with van der Waals surface area (Å²) in [5, 5.41) is 4.00. The van der Waals surface area contributed by atoms with Crippen molar-refractivity contribution in [2.75, 3.05) is 0 Å². The molecule has 2 rings (SSSR count). The summed E-state index contributed by atoms with van der Waals surface area (Å²) in [7, 11) is 0. The van der Waals surface area contributed by atoms with Gasteiger partial charge in [0.25, 0.3) is 0 Å². The van der Waals surface area contributed by atoms with Crippen molar-refractivity contribution in [1.29, 1.82) is 0 Å². The van der Waals surface area contributed by atoms with Crippen molar-refractivity contribution in [1.82, 2.24) is 5.43 Å². The first-order valence-electron chi connectivity index (χ1n) is 5.09. The van der Waals surface area contributed by atoms with Gasteiger partial charge in [0.2, 0.25) is 0 Å². The maximum Gasteiger partial charge on any atom is 0.184 e. The second-order valence-electron chi connectivity index (χ2n) is 3.44. The Morgan fingerprint density at radius 3 is 2.67 bits per heavy atom. The van der Waals surface area contributed by atoms with Crippen LogP contribution in [0.2, 0.25) is 0 Å². The van der Waals surface area contributed by atoms with Crippen molar-refractivity contribution in [2.45, 2.75) is 0 Å². The number of hydrogen-bond acceptors (Lipinski definition) is 3. The molecule has 0 aliphatic rings. The van der Waals surface area contributed by atoms with Gasteiger partial charge in [0.05, 0.1) is 6.21 Å². The van der Waals surface area contributed by atoms with Gasteiger partial charge < -0.3 is 5.73 Å². The van der Waals surface area contributed by atoms with Crippen molar-refractivity contribution < 1.29 is 4.39 Å². The summed E-state index contributed by atoms with van der Waals surface area (Å²) >= 11 is 6.17. The summed E-state index contributed by atoms with van der Waals surface area (Å²) in [6, 6.07) is 10.3. The number of thiophene rings is 1. The zero-order valence-electron chi connectivity index (χ0n) is 9.26. The average Bonchev–Trinajstić information content (AvgIpc) is 2.78.